The molecule has 1 fully saturated rings. The van der Waals surface area contributed by atoms with Gasteiger partial charge in [0.25, 0.3) is 0 Å². The molecule has 9 heteroatoms. The molecular weight excluding hydrogens is 433 g/mol. The molecular formula is C23H23ClFN5O2. The van der Waals surface area contributed by atoms with Crippen LogP contribution in [0.5, 0.6) is 5.75 Å². The average molecular weight is 456 g/mol. The molecule has 32 heavy (non-hydrogen) atoms. The zero-order chi connectivity index (χ0) is 22.7. The van der Waals surface area contributed by atoms with E-state index in [1.807, 2.05) is 43.1 Å². The smallest absolute Gasteiger partial charge is 0.191 e. The molecule has 0 radical (unpaired) electrons. The van der Waals surface area contributed by atoms with Crippen molar-refractivity contribution in [1.82, 2.24) is 19.8 Å². The lowest BCUT2D eigenvalue weighted by molar-refractivity contribution is 0.105. The Bertz CT molecular complexity index is 1170. The summed E-state index contributed by atoms with van der Waals surface area (Å²) in [6, 6.07) is 10.1. The van der Waals surface area contributed by atoms with Crippen LogP contribution in [-0.4, -0.2) is 59.0 Å². The summed E-state index contributed by atoms with van der Waals surface area (Å²) in [5.41, 5.74) is 1.37. The van der Waals surface area contributed by atoms with Crippen LogP contribution in [-0.2, 0) is 4.79 Å². The van der Waals surface area contributed by atoms with Gasteiger partial charge in [-0.1, -0.05) is 11.6 Å². The zero-order valence-corrected chi connectivity index (χ0v) is 18.6. The summed E-state index contributed by atoms with van der Waals surface area (Å²) < 4.78 is 19.7. The second-order valence-corrected chi connectivity index (χ2v) is 8.19. The predicted molar refractivity (Wildman–Crippen MR) is 122 cm³/mol. The molecule has 2 heterocycles. The Balaban J connectivity index is 1.49. The third-order valence-corrected chi connectivity index (χ3v) is 5.64. The molecule has 1 aromatic heterocycles. The van der Waals surface area contributed by atoms with E-state index < -0.39 is 5.82 Å². The van der Waals surface area contributed by atoms with E-state index in [1.165, 1.54) is 18.5 Å². The van der Waals surface area contributed by atoms with Crippen molar-refractivity contribution in [1.29, 1.82) is 0 Å². The average Bonchev–Trinajstić information content (AvgIpc) is 2.78. The van der Waals surface area contributed by atoms with Crippen LogP contribution < -0.4 is 10.1 Å². The topological polar surface area (TPSA) is 70.6 Å². The zero-order valence-electron chi connectivity index (χ0n) is 17.8. The number of anilines is 2. The van der Waals surface area contributed by atoms with Crippen molar-refractivity contribution in [3.8, 4) is 5.75 Å². The van der Waals surface area contributed by atoms with Gasteiger partial charge in [-0.25, -0.2) is 19.2 Å². The minimum atomic E-state index is -0.479. The molecule has 0 amide bonds. The summed E-state index contributed by atoms with van der Waals surface area (Å²) in [6.07, 6.45) is 3.09. The number of carbonyl (C=O) groups excluding carboxylic acids is 1. The molecule has 0 atom stereocenters. The maximum Gasteiger partial charge on any atom is 0.191 e. The molecule has 1 aliphatic rings. The fraction of sp³-hybridized carbons (Fsp3) is 0.304. The highest BCUT2D eigenvalue weighted by atomic mass is 35.5. The van der Waals surface area contributed by atoms with Crippen molar-refractivity contribution in [2.75, 3.05) is 32.5 Å². The first-order valence-electron chi connectivity index (χ1n) is 10.3. The first-order valence-corrected chi connectivity index (χ1v) is 10.6. The number of rotatable bonds is 6. The van der Waals surface area contributed by atoms with E-state index in [4.69, 9.17) is 16.3 Å². The molecule has 166 valence electrons. The van der Waals surface area contributed by atoms with Gasteiger partial charge < -0.3 is 19.9 Å². The Morgan fingerprint density at radius 2 is 2.00 bits per heavy atom. The van der Waals surface area contributed by atoms with Crippen LogP contribution in [0.3, 0.4) is 0 Å². The number of piperidine rings is 1. The van der Waals surface area contributed by atoms with E-state index in [1.54, 1.807) is 11.0 Å². The number of nitrogens with zero attached hydrogens (tertiary/aromatic N) is 4. The van der Waals surface area contributed by atoms with Crippen molar-refractivity contribution >= 4 is 40.0 Å². The summed E-state index contributed by atoms with van der Waals surface area (Å²) in [6.45, 7) is 1.45. The van der Waals surface area contributed by atoms with Gasteiger partial charge in [-0.05, 0) is 36.4 Å². The van der Waals surface area contributed by atoms with E-state index in [9.17, 15) is 9.18 Å². The van der Waals surface area contributed by atoms with Gasteiger partial charge in [-0.3, -0.25) is 0 Å². The summed E-state index contributed by atoms with van der Waals surface area (Å²) in [4.78, 5) is 23.7. The van der Waals surface area contributed by atoms with Crippen molar-refractivity contribution in [3.05, 3.63) is 59.4 Å². The normalized spacial score (nSPS) is 14.2. The van der Waals surface area contributed by atoms with Crippen LogP contribution in [0, 0.1) is 5.82 Å². The lowest BCUT2D eigenvalue weighted by Crippen LogP contribution is -2.41. The Labute approximate surface area is 190 Å². The number of ether oxygens (including phenoxy) is 1. The summed E-state index contributed by atoms with van der Waals surface area (Å²) >= 11 is 5.89. The maximum atomic E-state index is 13.5. The van der Waals surface area contributed by atoms with E-state index in [0.717, 1.165) is 36.8 Å². The molecule has 3 aromatic rings. The summed E-state index contributed by atoms with van der Waals surface area (Å²) in [5.74, 6) is 3.38. The molecule has 7 nitrogen and oxygen atoms in total. The monoisotopic (exact) mass is 455 g/mol. The van der Waals surface area contributed by atoms with Crippen LogP contribution in [0.25, 0.3) is 10.9 Å². The number of hydrogen-bond donors (Lipinski definition) is 1. The van der Waals surface area contributed by atoms with Crippen LogP contribution in [0.15, 0.2) is 48.5 Å². The van der Waals surface area contributed by atoms with Crippen LogP contribution in [0.4, 0.5) is 15.9 Å². The Morgan fingerprint density at radius 3 is 2.69 bits per heavy atom. The fourth-order valence-corrected chi connectivity index (χ4v) is 3.92. The third kappa shape index (κ3) is 4.77. The van der Waals surface area contributed by atoms with Gasteiger partial charge in [-0.2, -0.15) is 0 Å². The van der Waals surface area contributed by atoms with Gasteiger partial charge in [-0.15, -0.1) is 0 Å². The number of fused-ring (bicyclic) bond motifs is 1. The van der Waals surface area contributed by atoms with Crippen molar-refractivity contribution in [3.63, 3.8) is 0 Å². The summed E-state index contributed by atoms with van der Waals surface area (Å²) in [5, 5.41) is 3.98. The molecule has 1 N–H and O–H groups in total. The molecule has 0 bridgehead atoms. The lowest BCUT2D eigenvalue weighted by atomic mass is 10.1. The van der Waals surface area contributed by atoms with Crippen molar-refractivity contribution in [2.45, 2.75) is 18.9 Å². The van der Waals surface area contributed by atoms with E-state index >= 15 is 0 Å². The highest BCUT2D eigenvalue weighted by Gasteiger charge is 2.23. The molecule has 0 unspecified atom stereocenters. The SMILES string of the molecule is CN(C)C(=C=O)N1CCC(Oc2ccc3ncnc(Nc4ccc(F)c(Cl)c4)c3c2)CC1. The number of aromatic nitrogens is 2. The number of halogens is 2. The fourth-order valence-electron chi connectivity index (χ4n) is 3.74. The summed E-state index contributed by atoms with van der Waals surface area (Å²) in [7, 11) is 3.68. The van der Waals surface area contributed by atoms with E-state index in [2.05, 4.69) is 15.3 Å². The largest absolute Gasteiger partial charge is 0.490 e. The highest BCUT2D eigenvalue weighted by molar-refractivity contribution is 6.31. The van der Waals surface area contributed by atoms with Gasteiger partial charge in [0, 0.05) is 51.1 Å². The molecule has 4 rings (SSSR count). The Morgan fingerprint density at radius 1 is 1.22 bits per heavy atom. The number of nitrogens with one attached hydrogen (secondary N) is 1. The van der Waals surface area contributed by atoms with Crippen LogP contribution >= 0.6 is 11.6 Å². The first kappa shape index (κ1) is 21.9. The lowest BCUT2D eigenvalue weighted by Gasteiger charge is -2.35. The van der Waals surface area contributed by atoms with Crippen LogP contribution in [0.2, 0.25) is 5.02 Å². The molecule has 1 aliphatic heterocycles. The second kappa shape index (κ2) is 9.42. The second-order valence-electron chi connectivity index (χ2n) is 7.78. The molecule has 1 saturated heterocycles. The van der Waals surface area contributed by atoms with Gasteiger partial charge in [0.05, 0.1) is 10.5 Å². The predicted octanol–water partition coefficient (Wildman–Crippen LogP) is 4.24. The number of benzene rings is 2. The third-order valence-electron chi connectivity index (χ3n) is 5.35. The minimum Gasteiger partial charge on any atom is -0.490 e. The van der Waals surface area contributed by atoms with Gasteiger partial charge in [0.15, 0.2) is 11.8 Å². The molecule has 0 spiro atoms. The number of hydrogen-bond acceptors (Lipinski definition) is 7. The van der Waals surface area contributed by atoms with Crippen LogP contribution in [0.1, 0.15) is 12.8 Å². The van der Waals surface area contributed by atoms with Gasteiger partial charge >= 0.3 is 0 Å². The van der Waals surface area contributed by atoms with Gasteiger partial charge in [0.1, 0.15) is 29.8 Å². The van der Waals surface area contributed by atoms with E-state index in [-0.39, 0.29) is 11.1 Å². The standard InChI is InChI=1S/C23H23ClFN5O2/c1-29(2)22(13-31)30-9-7-16(8-10-30)32-17-4-6-21-18(12-17)23(27-14-26-21)28-15-3-5-20(25)19(24)11-15/h3-6,11-12,14,16H,7-10H2,1-2H3,(H,26,27,28). The van der Waals surface area contributed by atoms with E-state index in [0.29, 0.717) is 23.1 Å². The Hall–Kier alpha value is -3.35. The first-order chi connectivity index (χ1) is 15.4. The molecule has 0 aliphatic carbocycles. The molecule has 0 saturated carbocycles. The molecule has 2 aromatic carbocycles. The minimum absolute atomic E-state index is 0.0329. The number of likely N-dealkylation sites (tertiary alicyclic amines) is 1. The van der Waals surface area contributed by atoms with Gasteiger partial charge in [0.2, 0.25) is 0 Å². The van der Waals surface area contributed by atoms with Crippen molar-refractivity contribution in [2.24, 2.45) is 0 Å². The Kier molecular flexibility index (Phi) is 6.44. The van der Waals surface area contributed by atoms with Crippen molar-refractivity contribution < 1.29 is 13.9 Å². The quantitative estimate of drug-likeness (QED) is 0.557. The maximum absolute atomic E-state index is 13.5. The highest BCUT2D eigenvalue weighted by Crippen LogP contribution is 2.29.